The molecule has 2 heterocycles. The standard InChI is InChI=1S/C15H24N4O2S/c1-9(2)10-6-11(18-17-10)14(21)19-8-22-7-12(19)13(20)16-15(3,4)5/h6,9,12H,7-8H2,1-5H3,(H,16,20)(H,17,18)/t12-/m0/s1. The summed E-state index contributed by atoms with van der Waals surface area (Å²) in [5.74, 6) is 1.12. The van der Waals surface area contributed by atoms with Crippen molar-refractivity contribution in [2.24, 2.45) is 0 Å². The van der Waals surface area contributed by atoms with Crippen molar-refractivity contribution in [1.29, 1.82) is 0 Å². The number of aromatic nitrogens is 2. The van der Waals surface area contributed by atoms with Crippen molar-refractivity contribution >= 4 is 23.6 Å². The summed E-state index contributed by atoms with van der Waals surface area (Å²) < 4.78 is 0. The van der Waals surface area contributed by atoms with Gasteiger partial charge < -0.3 is 10.2 Å². The third-order valence-corrected chi connectivity index (χ3v) is 4.40. The molecule has 1 aliphatic rings. The number of aromatic amines is 1. The Morgan fingerprint density at radius 3 is 2.68 bits per heavy atom. The minimum atomic E-state index is -0.434. The molecule has 0 unspecified atom stereocenters. The van der Waals surface area contributed by atoms with E-state index in [1.807, 2.05) is 34.6 Å². The number of rotatable bonds is 3. The molecule has 2 rings (SSSR count). The van der Waals surface area contributed by atoms with Gasteiger partial charge in [-0.05, 0) is 32.8 Å². The van der Waals surface area contributed by atoms with E-state index in [9.17, 15) is 9.59 Å². The number of carbonyl (C=O) groups excluding carboxylic acids is 2. The molecular formula is C15H24N4O2S. The van der Waals surface area contributed by atoms with Crippen LogP contribution < -0.4 is 5.32 Å². The number of hydrogen-bond acceptors (Lipinski definition) is 4. The van der Waals surface area contributed by atoms with Crippen LogP contribution in [0.1, 0.15) is 56.7 Å². The number of nitrogens with one attached hydrogen (secondary N) is 2. The number of H-pyrrole nitrogens is 1. The monoisotopic (exact) mass is 324 g/mol. The predicted molar refractivity (Wildman–Crippen MR) is 87.9 cm³/mol. The van der Waals surface area contributed by atoms with E-state index < -0.39 is 6.04 Å². The van der Waals surface area contributed by atoms with Crippen molar-refractivity contribution in [3.05, 3.63) is 17.5 Å². The van der Waals surface area contributed by atoms with Gasteiger partial charge in [-0.25, -0.2) is 0 Å². The molecule has 0 saturated carbocycles. The second-order valence-corrected chi connectivity index (χ2v) is 7.89. The fourth-order valence-corrected chi connectivity index (χ4v) is 3.36. The minimum absolute atomic E-state index is 0.106. The van der Waals surface area contributed by atoms with Crippen LogP contribution in [0.25, 0.3) is 0 Å². The number of carbonyl (C=O) groups is 2. The summed E-state index contributed by atoms with van der Waals surface area (Å²) in [5.41, 5.74) is 0.988. The molecule has 1 aromatic heterocycles. The van der Waals surface area contributed by atoms with E-state index in [0.29, 0.717) is 17.3 Å². The quantitative estimate of drug-likeness (QED) is 0.891. The molecular weight excluding hydrogens is 300 g/mol. The highest BCUT2D eigenvalue weighted by Gasteiger charge is 2.37. The Hall–Kier alpha value is -1.50. The van der Waals surface area contributed by atoms with Crippen LogP contribution in [-0.4, -0.2) is 50.1 Å². The second kappa shape index (κ2) is 6.32. The highest BCUT2D eigenvalue weighted by molar-refractivity contribution is 7.99. The molecule has 0 bridgehead atoms. The molecule has 1 atom stereocenters. The summed E-state index contributed by atoms with van der Waals surface area (Å²) in [4.78, 5) is 26.6. The smallest absolute Gasteiger partial charge is 0.275 e. The summed E-state index contributed by atoms with van der Waals surface area (Å²) in [7, 11) is 0. The van der Waals surface area contributed by atoms with E-state index in [-0.39, 0.29) is 23.3 Å². The first kappa shape index (κ1) is 16.9. The van der Waals surface area contributed by atoms with Gasteiger partial charge in [0, 0.05) is 17.0 Å². The summed E-state index contributed by atoms with van der Waals surface area (Å²) in [6.45, 7) is 9.87. The van der Waals surface area contributed by atoms with Gasteiger partial charge in [-0.1, -0.05) is 13.8 Å². The number of amides is 2. The summed E-state index contributed by atoms with van der Waals surface area (Å²) in [5, 5.41) is 9.93. The van der Waals surface area contributed by atoms with Gasteiger partial charge in [-0.2, -0.15) is 5.10 Å². The lowest BCUT2D eigenvalue weighted by Crippen LogP contribution is -2.52. The Kier molecular flexibility index (Phi) is 4.84. The number of nitrogens with zero attached hydrogens (tertiary/aromatic N) is 2. The molecule has 6 nitrogen and oxygen atoms in total. The highest BCUT2D eigenvalue weighted by atomic mass is 32.2. The van der Waals surface area contributed by atoms with Crippen molar-refractivity contribution in [2.45, 2.75) is 52.1 Å². The Balaban J connectivity index is 2.12. The van der Waals surface area contributed by atoms with Crippen LogP contribution in [0, 0.1) is 0 Å². The molecule has 0 aliphatic carbocycles. The Labute approximate surface area is 135 Å². The predicted octanol–water partition coefficient (Wildman–Crippen LogP) is 1.96. The zero-order valence-electron chi connectivity index (χ0n) is 13.8. The third-order valence-electron chi connectivity index (χ3n) is 3.38. The summed E-state index contributed by atoms with van der Waals surface area (Å²) in [6.07, 6.45) is 0. The van der Waals surface area contributed by atoms with Crippen LogP contribution in [0.2, 0.25) is 0 Å². The van der Waals surface area contributed by atoms with Gasteiger partial charge in [0.15, 0.2) is 0 Å². The topological polar surface area (TPSA) is 78.1 Å². The van der Waals surface area contributed by atoms with Crippen LogP contribution in [0.15, 0.2) is 6.07 Å². The SMILES string of the molecule is CC(C)c1cc(C(=O)N2CSC[C@H]2C(=O)NC(C)(C)C)n[nH]1. The first-order valence-electron chi connectivity index (χ1n) is 7.45. The van der Waals surface area contributed by atoms with E-state index >= 15 is 0 Å². The Morgan fingerprint density at radius 2 is 2.14 bits per heavy atom. The lowest BCUT2D eigenvalue weighted by atomic mass is 10.1. The fourth-order valence-electron chi connectivity index (χ4n) is 2.20. The van der Waals surface area contributed by atoms with Gasteiger partial charge in [-0.3, -0.25) is 14.7 Å². The maximum Gasteiger partial charge on any atom is 0.275 e. The van der Waals surface area contributed by atoms with E-state index in [0.717, 1.165) is 5.69 Å². The number of hydrogen-bond donors (Lipinski definition) is 2. The second-order valence-electron chi connectivity index (χ2n) is 6.89. The fraction of sp³-hybridized carbons (Fsp3) is 0.667. The minimum Gasteiger partial charge on any atom is -0.350 e. The van der Waals surface area contributed by atoms with Gasteiger partial charge >= 0.3 is 0 Å². The molecule has 1 aromatic rings. The Morgan fingerprint density at radius 1 is 1.45 bits per heavy atom. The highest BCUT2D eigenvalue weighted by Crippen LogP contribution is 2.24. The lowest BCUT2D eigenvalue weighted by molar-refractivity contribution is -0.125. The molecule has 7 heteroatoms. The molecule has 1 aliphatic heterocycles. The average Bonchev–Trinajstić information content (AvgIpc) is 3.05. The van der Waals surface area contributed by atoms with E-state index in [1.54, 1.807) is 22.7 Å². The molecule has 0 spiro atoms. The normalized spacial score (nSPS) is 18.8. The zero-order chi connectivity index (χ0) is 16.5. The first-order chi connectivity index (χ1) is 10.2. The van der Waals surface area contributed by atoms with Gasteiger partial charge in [-0.15, -0.1) is 11.8 Å². The number of thioether (sulfide) groups is 1. The van der Waals surface area contributed by atoms with Crippen molar-refractivity contribution in [3.8, 4) is 0 Å². The van der Waals surface area contributed by atoms with Gasteiger partial charge in [0.25, 0.3) is 5.91 Å². The largest absolute Gasteiger partial charge is 0.350 e. The first-order valence-corrected chi connectivity index (χ1v) is 8.60. The van der Waals surface area contributed by atoms with Crippen molar-refractivity contribution in [2.75, 3.05) is 11.6 Å². The van der Waals surface area contributed by atoms with E-state index in [2.05, 4.69) is 15.5 Å². The molecule has 122 valence electrons. The van der Waals surface area contributed by atoms with Crippen molar-refractivity contribution < 1.29 is 9.59 Å². The molecule has 2 N–H and O–H groups in total. The van der Waals surface area contributed by atoms with Gasteiger partial charge in [0.05, 0.1) is 5.88 Å². The van der Waals surface area contributed by atoms with Crippen LogP contribution in [-0.2, 0) is 4.79 Å². The van der Waals surface area contributed by atoms with Crippen LogP contribution in [0.4, 0.5) is 0 Å². The van der Waals surface area contributed by atoms with Crippen LogP contribution in [0.5, 0.6) is 0 Å². The molecule has 1 fully saturated rings. The van der Waals surface area contributed by atoms with Crippen LogP contribution >= 0.6 is 11.8 Å². The molecule has 0 radical (unpaired) electrons. The van der Waals surface area contributed by atoms with Crippen LogP contribution in [0.3, 0.4) is 0 Å². The Bertz CT molecular complexity index is 562. The van der Waals surface area contributed by atoms with E-state index in [4.69, 9.17) is 0 Å². The molecule has 2 amide bonds. The molecule has 0 aromatic carbocycles. The maximum absolute atomic E-state index is 12.6. The third kappa shape index (κ3) is 3.82. The van der Waals surface area contributed by atoms with Crippen molar-refractivity contribution in [3.63, 3.8) is 0 Å². The maximum atomic E-state index is 12.6. The molecule has 22 heavy (non-hydrogen) atoms. The van der Waals surface area contributed by atoms with Gasteiger partial charge in [0.1, 0.15) is 11.7 Å². The lowest BCUT2D eigenvalue weighted by Gasteiger charge is -2.27. The average molecular weight is 324 g/mol. The van der Waals surface area contributed by atoms with E-state index in [1.165, 1.54) is 0 Å². The summed E-state index contributed by atoms with van der Waals surface area (Å²) >= 11 is 1.59. The van der Waals surface area contributed by atoms with Gasteiger partial charge in [0.2, 0.25) is 5.91 Å². The van der Waals surface area contributed by atoms with Crippen molar-refractivity contribution in [1.82, 2.24) is 20.4 Å². The molecule has 1 saturated heterocycles. The zero-order valence-corrected chi connectivity index (χ0v) is 14.6. The summed E-state index contributed by atoms with van der Waals surface area (Å²) in [6, 6.07) is 1.34.